The molecular formula is C9H15FO2. The van der Waals surface area contributed by atoms with Gasteiger partial charge in [-0.3, -0.25) is 0 Å². The third-order valence-corrected chi connectivity index (χ3v) is 2.35. The summed E-state index contributed by atoms with van der Waals surface area (Å²) < 4.78 is 18.4. The number of hydrogen-bond acceptors (Lipinski definition) is 2. The minimum atomic E-state index is -0.993. The van der Waals surface area contributed by atoms with Crippen LogP contribution in [0.25, 0.3) is 0 Å². The zero-order chi connectivity index (χ0) is 8.97. The second-order valence-corrected chi connectivity index (χ2v) is 3.21. The Morgan fingerprint density at radius 2 is 2.33 bits per heavy atom. The zero-order valence-electron chi connectivity index (χ0n) is 7.33. The molecule has 0 radical (unpaired) electrons. The molecule has 1 fully saturated rings. The Balaban J connectivity index is 2.35. The summed E-state index contributed by atoms with van der Waals surface area (Å²) in [4.78, 5) is 10.4. The highest BCUT2D eigenvalue weighted by Crippen LogP contribution is 2.27. The maximum Gasteiger partial charge on any atom is 0.125 e. The summed E-state index contributed by atoms with van der Waals surface area (Å²) in [7, 11) is 0. The number of hydrogen-bond donors (Lipinski definition) is 0. The summed E-state index contributed by atoms with van der Waals surface area (Å²) >= 11 is 0. The minimum Gasteiger partial charge on any atom is -0.378 e. The van der Waals surface area contributed by atoms with E-state index in [1.807, 2.05) is 6.92 Å². The molecule has 0 bridgehead atoms. The summed E-state index contributed by atoms with van der Waals surface area (Å²) in [5.74, 6) is -0.387. The fraction of sp³-hybridized carbons (Fsp3) is 0.889. The van der Waals surface area contributed by atoms with Crippen molar-refractivity contribution in [1.29, 1.82) is 0 Å². The van der Waals surface area contributed by atoms with E-state index in [1.54, 1.807) is 0 Å². The third kappa shape index (κ3) is 2.27. The van der Waals surface area contributed by atoms with Crippen LogP contribution in [0.3, 0.4) is 0 Å². The van der Waals surface area contributed by atoms with Crippen LogP contribution in [0.15, 0.2) is 0 Å². The Hall–Kier alpha value is -0.440. The lowest BCUT2D eigenvalue weighted by atomic mass is 9.87. The Labute approximate surface area is 72.1 Å². The van der Waals surface area contributed by atoms with Crippen LogP contribution in [0.2, 0.25) is 0 Å². The van der Waals surface area contributed by atoms with Crippen molar-refractivity contribution in [2.75, 3.05) is 6.61 Å². The molecule has 12 heavy (non-hydrogen) atoms. The first kappa shape index (κ1) is 9.65. The highest BCUT2D eigenvalue weighted by atomic mass is 19.1. The van der Waals surface area contributed by atoms with Crippen molar-refractivity contribution in [3.8, 4) is 0 Å². The van der Waals surface area contributed by atoms with Gasteiger partial charge in [-0.1, -0.05) is 0 Å². The summed E-state index contributed by atoms with van der Waals surface area (Å²) in [5, 5.41) is 0. The van der Waals surface area contributed by atoms with E-state index in [2.05, 4.69) is 0 Å². The molecule has 2 nitrogen and oxygen atoms in total. The molecule has 0 saturated heterocycles. The fourth-order valence-electron chi connectivity index (χ4n) is 1.64. The number of aldehydes is 1. The van der Waals surface area contributed by atoms with Crippen LogP contribution in [-0.4, -0.2) is 25.2 Å². The van der Waals surface area contributed by atoms with Gasteiger partial charge in [0.05, 0.1) is 6.10 Å². The van der Waals surface area contributed by atoms with Crippen LogP contribution in [0.1, 0.15) is 26.2 Å². The number of carbonyl (C=O) groups is 1. The van der Waals surface area contributed by atoms with Gasteiger partial charge >= 0.3 is 0 Å². The summed E-state index contributed by atoms with van der Waals surface area (Å²) in [6.45, 7) is 2.53. The van der Waals surface area contributed by atoms with E-state index in [9.17, 15) is 9.18 Å². The highest BCUT2D eigenvalue weighted by Gasteiger charge is 2.30. The molecule has 0 amide bonds. The van der Waals surface area contributed by atoms with Crippen molar-refractivity contribution in [3.05, 3.63) is 0 Å². The van der Waals surface area contributed by atoms with E-state index < -0.39 is 6.17 Å². The number of rotatable bonds is 3. The molecule has 0 heterocycles. The molecule has 3 heteroatoms. The van der Waals surface area contributed by atoms with Crippen LogP contribution in [0.5, 0.6) is 0 Å². The number of carbonyl (C=O) groups excluding carboxylic acids is 1. The predicted octanol–water partition coefficient (Wildman–Crippen LogP) is 1.73. The van der Waals surface area contributed by atoms with E-state index >= 15 is 0 Å². The molecule has 0 aliphatic heterocycles. The smallest absolute Gasteiger partial charge is 0.125 e. The maximum atomic E-state index is 13.1. The Kier molecular flexibility index (Phi) is 3.66. The van der Waals surface area contributed by atoms with E-state index in [4.69, 9.17) is 4.74 Å². The number of ether oxygens (including phenoxy) is 1. The van der Waals surface area contributed by atoms with Crippen molar-refractivity contribution >= 4 is 6.29 Å². The van der Waals surface area contributed by atoms with Crippen LogP contribution in [-0.2, 0) is 9.53 Å². The lowest BCUT2D eigenvalue weighted by Crippen LogP contribution is -2.31. The largest absolute Gasteiger partial charge is 0.378 e. The monoisotopic (exact) mass is 174 g/mol. The zero-order valence-corrected chi connectivity index (χ0v) is 7.33. The maximum absolute atomic E-state index is 13.1. The quantitative estimate of drug-likeness (QED) is 0.609. The SMILES string of the molecule is CCOC1CCC(C=O)C(F)C1. The van der Waals surface area contributed by atoms with Gasteiger partial charge in [-0.15, -0.1) is 0 Å². The highest BCUT2D eigenvalue weighted by molar-refractivity contribution is 5.54. The van der Waals surface area contributed by atoms with Gasteiger partial charge in [0, 0.05) is 18.9 Å². The molecule has 0 N–H and O–H groups in total. The van der Waals surface area contributed by atoms with Crippen molar-refractivity contribution < 1.29 is 13.9 Å². The minimum absolute atomic E-state index is 0.0289. The van der Waals surface area contributed by atoms with Gasteiger partial charge in [0.1, 0.15) is 12.5 Å². The van der Waals surface area contributed by atoms with E-state index in [0.29, 0.717) is 19.4 Å². The summed E-state index contributed by atoms with van der Waals surface area (Å²) in [6, 6.07) is 0. The van der Waals surface area contributed by atoms with Crippen LogP contribution in [0, 0.1) is 5.92 Å². The Bertz CT molecular complexity index is 149. The van der Waals surface area contributed by atoms with Crippen LogP contribution < -0.4 is 0 Å². The van der Waals surface area contributed by atoms with Gasteiger partial charge < -0.3 is 9.53 Å². The molecule has 1 aliphatic rings. The molecule has 3 atom stereocenters. The molecule has 3 unspecified atom stereocenters. The first-order valence-electron chi connectivity index (χ1n) is 4.49. The van der Waals surface area contributed by atoms with Gasteiger partial charge in [-0.05, 0) is 19.8 Å². The van der Waals surface area contributed by atoms with Crippen molar-refractivity contribution in [1.82, 2.24) is 0 Å². The molecule has 0 aromatic heterocycles. The average molecular weight is 174 g/mol. The molecule has 70 valence electrons. The van der Waals surface area contributed by atoms with Gasteiger partial charge in [0.25, 0.3) is 0 Å². The second kappa shape index (κ2) is 4.55. The molecule has 1 rings (SSSR count). The van der Waals surface area contributed by atoms with Crippen molar-refractivity contribution in [2.45, 2.75) is 38.5 Å². The summed E-state index contributed by atoms with van der Waals surface area (Å²) in [5.41, 5.74) is 0. The molecule has 0 aromatic rings. The predicted molar refractivity (Wildman–Crippen MR) is 43.7 cm³/mol. The lowest BCUT2D eigenvalue weighted by molar-refractivity contribution is -0.115. The average Bonchev–Trinajstić information content (AvgIpc) is 2.05. The van der Waals surface area contributed by atoms with Crippen molar-refractivity contribution in [2.24, 2.45) is 5.92 Å². The summed E-state index contributed by atoms with van der Waals surface area (Å²) in [6.07, 6.45) is 1.60. The first-order chi connectivity index (χ1) is 5.77. The van der Waals surface area contributed by atoms with Gasteiger partial charge in [0.2, 0.25) is 0 Å². The second-order valence-electron chi connectivity index (χ2n) is 3.21. The molecule has 0 aromatic carbocycles. The molecule has 1 saturated carbocycles. The third-order valence-electron chi connectivity index (χ3n) is 2.35. The Morgan fingerprint density at radius 1 is 1.58 bits per heavy atom. The number of alkyl halides is 1. The molecule has 1 aliphatic carbocycles. The van der Waals surface area contributed by atoms with Crippen molar-refractivity contribution in [3.63, 3.8) is 0 Å². The molecule has 0 spiro atoms. The van der Waals surface area contributed by atoms with Gasteiger partial charge in [-0.2, -0.15) is 0 Å². The lowest BCUT2D eigenvalue weighted by Gasteiger charge is -2.28. The van der Waals surface area contributed by atoms with E-state index in [1.165, 1.54) is 0 Å². The fourth-order valence-corrected chi connectivity index (χ4v) is 1.64. The Morgan fingerprint density at radius 3 is 2.83 bits per heavy atom. The van der Waals surface area contributed by atoms with E-state index in [-0.39, 0.29) is 12.0 Å². The van der Waals surface area contributed by atoms with Gasteiger partial charge in [0.15, 0.2) is 0 Å². The van der Waals surface area contributed by atoms with Crippen LogP contribution >= 0.6 is 0 Å². The topological polar surface area (TPSA) is 26.3 Å². The first-order valence-corrected chi connectivity index (χ1v) is 4.49. The van der Waals surface area contributed by atoms with Gasteiger partial charge in [-0.25, -0.2) is 4.39 Å². The van der Waals surface area contributed by atoms with Crippen LogP contribution in [0.4, 0.5) is 4.39 Å². The normalized spacial score (nSPS) is 36.3. The molecular weight excluding hydrogens is 159 g/mol. The standard InChI is InChI=1S/C9H15FO2/c1-2-12-8-4-3-7(6-11)9(10)5-8/h6-9H,2-5H2,1H3. The number of halogens is 1. The van der Waals surface area contributed by atoms with E-state index in [0.717, 1.165) is 12.7 Å².